The molecular weight excluding hydrogens is 216 g/mol. The molecule has 2 nitrogen and oxygen atoms in total. The van der Waals surface area contributed by atoms with E-state index in [9.17, 15) is 0 Å². The number of nitrogens with two attached hydrogens (primary N) is 1. The van der Waals surface area contributed by atoms with Crippen molar-refractivity contribution in [2.24, 2.45) is 5.73 Å². The van der Waals surface area contributed by atoms with Gasteiger partial charge in [-0.25, -0.2) is 0 Å². The van der Waals surface area contributed by atoms with Crippen molar-refractivity contribution in [3.8, 4) is 0 Å². The molecule has 0 aliphatic carbocycles. The van der Waals surface area contributed by atoms with Crippen molar-refractivity contribution in [1.82, 2.24) is 4.90 Å². The summed E-state index contributed by atoms with van der Waals surface area (Å²) in [5, 5.41) is 2.14. The molecule has 0 aromatic carbocycles. The topological polar surface area (TPSA) is 29.3 Å². The summed E-state index contributed by atoms with van der Waals surface area (Å²) in [4.78, 5) is 3.87. The van der Waals surface area contributed by atoms with Crippen molar-refractivity contribution in [2.75, 3.05) is 20.1 Å². The minimum absolute atomic E-state index is 0.159. The van der Waals surface area contributed by atoms with Crippen molar-refractivity contribution in [2.45, 2.75) is 38.6 Å². The van der Waals surface area contributed by atoms with Crippen LogP contribution in [0.15, 0.2) is 17.5 Å². The van der Waals surface area contributed by atoms with Gasteiger partial charge in [0.15, 0.2) is 0 Å². The molecule has 2 N–H and O–H groups in total. The number of thiophene rings is 1. The van der Waals surface area contributed by atoms with Crippen LogP contribution in [0.1, 0.15) is 31.6 Å². The number of hydrogen-bond acceptors (Lipinski definition) is 3. The highest BCUT2D eigenvalue weighted by Gasteiger charge is 2.26. The zero-order chi connectivity index (χ0) is 12.0. The molecule has 1 rings (SSSR count). The number of hydrogen-bond donors (Lipinski definition) is 1. The Morgan fingerprint density at radius 2 is 2.25 bits per heavy atom. The van der Waals surface area contributed by atoms with E-state index in [-0.39, 0.29) is 5.54 Å². The van der Waals surface area contributed by atoms with Crippen LogP contribution in [-0.2, 0) is 6.42 Å². The molecular formula is C13H24N2S. The smallest absolute Gasteiger partial charge is 0.0300 e. The lowest BCUT2D eigenvalue weighted by molar-refractivity contribution is 0.135. The summed E-state index contributed by atoms with van der Waals surface area (Å²) >= 11 is 1.84. The fourth-order valence-electron chi connectivity index (χ4n) is 1.99. The Morgan fingerprint density at radius 1 is 1.50 bits per heavy atom. The van der Waals surface area contributed by atoms with Crippen molar-refractivity contribution in [1.29, 1.82) is 0 Å². The summed E-state index contributed by atoms with van der Waals surface area (Å²) < 4.78 is 0. The summed E-state index contributed by atoms with van der Waals surface area (Å²) in [6.45, 7) is 6.32. The molecule has 0 saturated heterocycles. The highest BCUT2D eigenvalue weighted by atomic mass is 32.1. The molecule has 92 valence electrons. The highest BCUT2D eigenvalue weighted by molar-refractivity contribution is 7.09. The van der Waals surface area contributed by atoms with Crippen LogP contribution in [-0.4, -0.2) is 30.6 Å². The summed E-state index contributed by atoms with van der Waals surface area (Å²) in [5.74, 6) is 0. The third kappa shape index (κ3) is 3.58. The molecule has 0 saturated carbocycles. The van der Waals surface area contributed by atoms with Crippen LogP contribution < -0.4 is 5.73 Å². The fourth-order valence-corrected chi connectivity index (χ4v) is 2.69. The van der Waals surface area contributed by atoms with E-state index in [4.69, 9.17) is 5.73 Å². The van der Waals surface area contributed by atoms with Gasteiger partial charge in [0.05, 0.1) is 0 Å². The van der Waals surface area contributed by atoms with Gasteiger partial charge in [-0.3, -0.25) is 4.90 Å². The maximum atomic E-state index is 5.90. The molecule has 1 atom stereocenters. The van der Waals surface area contributed by atoms with Gasteiger partial charge < -0.3 is 5.73 Å². The molecule has 1 heterocycles. The maximum absolute atomic E-state index is 5.90. The first-order valence-electron chi connectivity index (χ1n) is 6.06. The molecule has 1 aromatic heterocycles. The monoisotopic (exact) mass is 240 g/mol. The van der Waals surface area contributed by atoms with Gasteiger partial charge in [-0.1, -0.05) is 19.4 Å². The minimum Gasteiger partial charge on any atom is -0.329 e. The predicted octanol–water partition coefficient (Wildman–Crippen LogP) is 2.74. The molecule has 0 spiro atoms. The molecule has 3 heteroatoms. The molecule has 1 aromatic rings. The molecule has 16 heavy (non-hydrogen) atoms. The number of rotatable bonds is 7. The molecule has 0 fully saturated rings. The second-order valence-corrected chi connectivity index (χ2v) is 5.73. The van der Waals surface area contributed by atoms with E-state index in [0.29, 0.717) is 0 Å². The first-order chi connectivity index (χ1) is 7.62. The maximum Gasteiger partial charge on any atom is 0.0300 e. The van der Waals surface area contributed by atoms with E-state index in [1.54, 1.807) is 0 Å². The SMILES string of the molecule is CCCC(C)(CN)N(C)CCc1cccs1. The highest BCUT2D eigenvalue weighted by Crippen LogP contribution is 2.19. The molecule has 0 amide bonds. The second-order valence-electron chi connectivity index (χ2n) is 4.70. The van der Waals surface area contributed by atoms with E-state index in [2.05, 4.69) is 43.3 Å². The summed E-state index contributed by atoms with van der Waals surface area (Å²) in [7, 11) is 2.19. The Bertz CT molecular complexity index is 284. The van der Waals surface area contributed by atoms with E-state index < -0.39 is 0 Å². The minimum atomic E-state index is 0.159. The fraction of sp³-hybridized carbons (Fsp3) is 0.692. The number of likely N-dealkylation sites (N-methyl/N-ethyl adjacent to an activating group) is 1. The van der Waals surface area contributed by atoms with Crippen molar-refractivity contribution >= 4 is 11.3 Å². The number of nitrogens with zero attached hydrogens (tertiary/aromatic N) is 1. The van der Waals surface area contributed by atoms with Gasteiger partial charge in [0, 0.05) is 23.5 Å². The molecule has 0 radical (unpaired) electrons. The zero-order valence-electron chi connectivity index (χ0n) is 10.7. The lowest BCUT2D eigenvalue weighted by Crippen LogP contribution is -2.50. The van der Waals surface area contributed by atoms with Gasteiger partial charge in [0.25, 0.3) is 0 Å². The summed E-state index contributed by atoms with van der Waals surface area (Å²) in [6.07, 6.45) is 3.49. The van der Waals surface area contributed by atoms with Crippen molar-refractivity contribution < 1.29 is 0 Å². The van der Waals surface area contributed by atoms with Gasteiger partial charge in [-0.2, -0.15) is 0 Å². The van der Waals surface area contributed by atoms with Crippen LogP contribution in [0.2, 0.25) is 0 Å². The average Bonchev–Trinajstić information content (AvgIpc) is 2.78. The van der Waals surface area contributed by atoms with Crippen molar-refractivity contribution in [3.05, 3.63) is 22.4 Å². The largest absolute Gasteiger partial charge is 0.329 e. The Balaban J connectivity index is 2.46. The van der Waals surface area contributed by atoms with Crippen LogP contribution in [0.4, 0.5) is 0 Å². The standard InChI is InChI=1S/C13H24N2S/c1-4-8-13(2,11-14)15(3)9-7-12-6-5-10-16-12/h5-6,10H,4,7-9,11,14H2,1-3H3. The third-order valence-electron chi connectivity index (χ3n) is 3.42. The van der Waals surface area contributed by atoms with Crippen LogP contribution >= 0.6 is 11.3 Å². The van der Waals surface area contributed by atoms with Gasteiger partial charge in [0.1, 0.15) is 0 Å². The van der Waals surface area contributed by atoms with E-state index in [0.717, 1.165) is 19.5 Å². The molecule has 1 unspecified atom stereocenters. The molecule has 0 aliphatic rings. The zero-order valence-corrected chi connectivity index (χ0v) is 11.5. The van der Waals surface area contributed by atoms with E-state index in [1.807, 2.05) is 11.3 Å². The second kappa shape index (κ2) is 6.38. The average molecular weight is 240 g/mol. The van der Waals surface area contributed by atoms with Crippen molar-refractivity contribution in [3.63, 3.8) is 0 Å². The molecule has 0 bridgehead atoms. The predicted molar refractivity (Wildman–Crippen MR) is 73.0 cm³/mol. The Hall–Kier alpha value is -0.380. The normalized spacial score (nSPS) is 15.3. The van der Waals surface area contributed by atoms with Crippen LogP contribution in [0.25, 0.3) is 0 Å². The van der Waals surface area contributed by atoms with Gasteiger partial charge in [-0.15, -0.1) is 11.3 Å². The quantitative estimate of drug-likeness (QED) is 0.794. The lowest BCUT2D eigenvalue weighted by atomic mass is 9.94. The van der Waals surface area contributed by atoms with E-state index in [1.165, 1.54) is 17.7 Å². The van der Waals surface area contributed by atoms with Gasteiger partial charge in [0.2, 0.25) is 0 Å². The summed E-state index contributed by atoms with van der Waals surface area (Å²) in [6, 6.07) is 4.33. The molecule has 0 aliphatic heterocycles. The Labute approximate surface area is 103 Å². The van der Waals surface area contributed by atoms with E-state index >= 15 is 0 Å². The van der Waals surface area contributed by atoms with Crippen LogP contribution in [0.5, 0.6) is 0 Å². The first-order valence-corrected chi connectivity index (χ1v) is 6.94. The first kappa shape index (κ1) is 13.7. The van der Waals surface area contributed by atoms with Gasteiger partial charge >= 0.3 is 0 Å². The van der Waals surface area contributed by atoms with Crippen LogP contribution in [0, 0.1) is 0 Å². The third-order valence-corrected chi connectivity index (χ3v) is 4.36. The Morgan fingerprint density at radius 3 is 2.75 bits per heavy atom. The summed E-state index contributed by atoms with van der Waals surface area (Å²) in [5.41, 5.74) is 6.06. The van der Waals surface area contributed by atoms with Crippen LogP contribution in [0.3, 0.4) is 0 Å². The lowest BCUT2D eigenvalue weighted by Gasteiger charge is -2.38. The Kier molecular flexibility index (Phi) is 5.46. The van der Waals surface area contributed by atoms with Gasteiger partial charge in [-0.05, 0) is 38.3 Å².